The van der Waals surface area contributed by atoms with Gasteiger partial charge >= 0.3 is 0 Å². The Kier molecular flexibility index (Phi) is 8.85. The molecule has 18 heavy (non-hydrogen) atoms. The number of hydrogen-bond acceptors (Lipinski definition) is 4. The Hall–Kier alpha value is -0.740. The average Bonchev–Trinajstić information content (AvgIpc) is 2.24. The maximum absolute atomic E-state index is 11.5. The number of aliphatic hydroxyl groups excluding tert-OH is 1. The third-order valence-electron chi connectivity index (χ3n) is 2.80. The predicted octanol–water partition coefficient (Wildman–Crippen LogP) is 2.27. The lowest BCUT2D eigenvalue weighted by Gasteiger charge is -2.26. The van der Waals surface area contributed by atoms with E-state index in [1.165, 1.54) is 13.8 Å². The first-order valence-corrected chi connectivity index (χ1v) is 6.75. The van der Waals surface area contributed by atoms with Gasteiger partial charge in [-0.3, -0.25) is 9.59 Å². The van der Waals surface area contributed by atoms with Crippen LogP contribution < -0.4 is 0 Å². The molecule has 4 heteroatoms. The zero-order chi connectivity index (χ0) is 14.1. The highest BCUT2D eigenvalue weighted by atomic mass is 16.5. The van der Waals surface area contributed by atoms with Crippen LogP contribution in [0.25, 0.3) is 0 Å². The molecule has 0 aromatic carbocycles. The normalized spacial score (nSPS) is 16.1. The van der Waals surface area contributed by atoms with Crippen molar-refractivity contribution in [3.63, 3.8) is 0 Å². The van der Waals surface area contributed by atoms with Gasteiger partial charge in [0.25, 0.3) is 0 Å². The zero-order valence-corrected chi connectivity index (χ0v) is 11.9. The highest BCUT2D eigenvalue weighted by Crippen LogP contribution is 2.15. The van der Waals surface area contributed by atoms with E-state index in [9.17, 15) is 14.7 Å². The number of aliphatic hydroxyl groups is 1. The van der Waals surface area contributed by atoms with Crippen LogP contribution in [0, 0.1) is 0 Å². The smallest absolute Gasteiger partial charge is 0.161 e. The van der Waals surface area contributed by atoms with E-state index in [4.69, 9.17) is 4.74 Å². The van der Waals surface area contributed by atoms with Crippen LogP contribution in [-0.2, 0) is 14.3 Å². The lowest BCUT2D eigenvalue weighted by molar-refractivity contribution is -0.146. The van der Waals surface area contributed by atoms with Gasteiger partial charge in [-0.2, -0.15) is 0 Å². The van der Waals surface area contributed by atoms with E-state index in [0.29, 0.717) is 12.8 Å². The molecule has 3 unspecified atom stereocenters. The number of Topliss-reactive ketones (excluding diaryl/α,β-unsaturated/α-hetero) is 2. The molecule has 4 nitrogen and oxygen atoms in total. The lowest BCUT2D eigenvalue weighted by atomic mass is 10.0. The molecule has 0 aliphatic heterocycles. The number of hydrogen-bond donors (Lipinski definition) is 1. The second-order valence-corrected chi connectivity index (χ2v) is 4.84. The molecule has 1 N–H and O–H groups in total. The fourth-order valence-electron chi connectivity index (χ4n) is 1.97. The zero-order valence-electron chi connectivity index (χ0n) is 11.9. The Morgan fingerprint density at radius 2 is 1.67 bits per heavy atom. The maximum atomic E-state index is 11.5. The fraction of sp³-hybridized carbons (Fsp3) is 0.857. The summed E-state index contributed by atoms with van der Waals surface area (Å²) >= 11 is 0. The second kappa shape index (κ2) is 9.22. The molecule has 0 amide bonds. The van der Waals surface area contributed by atoms with E-state index in [-0.39, 0.29) is 17.7 Å². The second-order valence-electron chi connectivity index (χ2n) is 4.84. The number of ether oxygens (including phenoxy) is 1. The van der Waals surface area contributed by atoms with Crippen molar-refractivity contribution in [2.45, 2.75) is 78.1 Å². The van der Waals surface area contributed by atoms with Gasteiger partial charge in [0, 0.05) is 6.42 Å². The van der Waals surface area contributed by atoms with E-state index >= 15 is 0 Å². The average molecular weight is 258 g/mol. The summed E-state index contributed by atoms with van der Waals surface area (Å²) in [6.45, 7) is 6.87. The van der Waals surface area contributed by atoms with Crippen molar-refractivity contribution < 1.29 is 19.4 Å². The van der Waals surface area contributed by atoms with E-state index in [2.05, 4.69) is 0 Å². The molecule has 0 aromatic rings. The van der Waals surface area contributed by atoms with Gasteiger partial charge in [0.15, 0.2) is 5.78 Å². The van der Waals surface area contributed by atoms with Crippen LogP contribution in [0.3, 0.4) is 0 Å². The summed E-state index contributed by atoms with van der Waals surface area (Å²) in [7, 11) is 0. The van der Waals surface area contributed by atoms with Gasteiger partial charge in [0.05, 0.1) is 12.2 Å². The van der Waals surface area contributed by atoms with Crippen LogP contribution in [0.2, 0.25) is 0 Å². The first-order valence-electron chi connectivity index (χ1n) is 6.75. The summed E-state index contributed by atoms with van der Waals surface area (Å²) in [4.78, 5) is 22.7. The van der Waals surface area contributed by atoms with Crippen LogP contribution in [0.15, 0.2) is 0 Å². The fourth-order valence-corrected chi connectivity index (χ4v) is 1.97. The topological polar surface area (TPSA) is 63.6 Å². The highest BCUT2D eigenvalue weighted by Gasteiger charge is 2.27. The van der Waals surface area contributed by atoms with Crippen LogP contribution >= 0.6 is 0 Å². The van der Waals surface area contributed by atoms with Gasteiger partial charge in [0.1, 0.15) is 11.9 Å². The molecular weight excluding hydrogens is 232 g/mol. The summed E-state index contributed by atoms with van der Waals surface area (Å²) < 4.78 is 5.66. The third kappa shape index (κ3) is 6.87. The molecule has 0 radical (unpaired) electrons. The molecule has 3 atom stereocenters. The summed E-state index contributed by atoms with van der Waals surface area (Å²) in [6, 6.07) is 0. The number of ketones is 2. The van der Waals surface area contributed by atoms with Crippen molar-refractivity contribution >= 4 is 11.6 Å². The van der Waals surface area contributed by atoms with E-state index in [1.54, 1.807) is 0 Å². The number of carbonyl (C=O) groups is 2. The minimum Gasteiger partial charge on any atom is -0.390 e. The molecule has 0 saturated heterocycles. The monoisotopic (exact) mass is 258 g/mol. The summed E-state index contributed by atoms with van der Waals surface area (Å²) in [5.41, 5.74) is 0. The Bertz CT molecular complexity index is 263. The molecule has 0 bridgehead atoms. The van der Waals surface area contributed by atoms with Gasteiger partial charge in [-0.15, -0.1) is 0 Å². The van der Waals surface area contributed by atoms with Gasteiger partial charge in [-0.1, -0.05) is 26.7 Å². The lowest BCUT2D eigenvalue weighted by Crippen LogP contribution is -2.38. The van der Waals surface area contributed by atoms with Gasteiger partial charge in [-0.25, -0.2) is 0 Å². The van der Waals surface area contributed by atoms with Crippen molar-refractivity contribution in [2.75, 3.05) is 0 Å². The molecule has 0 saturated carbocycles. The van der Waals surface area contributed by atoms with Gasteiger partial charge in [-0.05, 0) is 26.7 Å². The van der Waals surface area contributed by atoms with Crippen LogP contribution in [-0.4, -0.2) is 35.0 Å². The molecule has 0 aromatic heterocycles. The molecule has 0 aliphatic rings. The van der Waals surface area contributed by atoms with E-state index in [0.717, 1.165) is 19.3 Å². The molecule has 0 rings (SSSR count). The van der Waals surface area contributed by atoms with Crippen LogP contribution in [0.1, 0.15) is 59.8 Å². The standard InChI is InChI=1S/C14H26O4/c1-5-7-12(9-10(3)15)18-14(11(4)16)13(17)8-6-2/h12-14,17H,5-9H2,1-4H3. The molecule has 0 aliphatic carbocycles. The first kappa shape index (κ1) is 17.3. The quantitative estimate of drug-likeness (QED) is 0.653. The summed E-state index contributed by atoms with van der Waals surface area (Å²) in [5, 5.41) is 9.90. The molecule has 0 spiro atoms. The van der Waals surface area contributed by atoms with E-state index < -0.39 is 12.2 Å². The number of carbonyl (C=O) groups excluding carboxylic acids is 2. The minimum atomic E-state index is -0.805. The van der Waals surface area contributed by atoms with Crippen molar-refractivity contribution in [3.8, 4) is 0 Å². The van der Waals surface area contributed by atoms with E-state index in [1.807, 2.05) is 13.8 Å². The molecule has 0 fully saturated rings. The van der Waals surface area contributed by atoms with Crippen molar-refractivity contribution in [1.82, 2.24) is 0 Å². The predicted molar refractivity (Wildman–Crippen MR) is 70.5 cm³/mol. The Morgan fingerprint density at radius 3 is 2.06 bits per heavy atom. The molecule has 106 valence electrons. The van der Waals surface area contributed by atoms with Crippen molar-refractivity contribution in [2.24, 2.45) is 0 Å². The summed E-state index contributed by atoms with van der Waals surface area (Å²) in [6.07, 6.45) is 1.38. The maximum Gasteiger partial charge on any atom is 0.161 e. The summed E-state index contributed by atoms with van der Waals surface area (Å²) in [5.74, 6) is -0.138. The molecular formula is C14H26O4. The number of rotatable bonds is 10. The van der Waals surface area contributed by atoms with Gasteiger partial charge < -0.3 is 9.84 Å². The SMILES string of the molecule is CCCC(CC(C)=O)OC(C(C)=O)C(O)CCC. The Labute approximate surface area is 110 Å². The third-order valence-corrected chi connectivity index (χ3v) is 2.80. The van der Waals surface area contributed by atoms with Crippen molar-refractivity contribution in [1.29, 1.82) is 0 Å². The van der Waals surface area contributed by atoms with Crippen molar-refractivity contribution in [3.05, 3.63) is 0 Å². The Morgan fingerprint density at radius 1 is 1.11 bits per heavy atom. The minimum absolute atomic E-state index is 0.0423. The van der Waals surface area contributed by atoms with Crippen LogP contribution in [0.5, 0.6) is 0 Å². The van der Waals surface area contributed by atoms with Gasteiger partial charge in [0.2, 0.25) is 0 Å². The van der Waals surface area contributed by atoms with Crippen LogP contribution in [0.4, 0.5) is 0 Å². The Balaban J connectivity index is 4.59. The first-order chi connectivity index (χ1) is 8.42. The largest absolute Gasteiger partial charge is 0.390 e. The molecule has 0 heterocycles. The highest BCUT2D eigenvalue weighted by molar-refractivity contribution is 5.81.